The number of rotatable bonds is 5. The van der Waals surface area contributed by atoms with Crippen molar-refractivity contribution in [2.45, 2.75) is 52.5 Å². The number of aromatic hydroxyl groups is 1. The van der Waals surface area contributed by atoms with Gasteiger partial charge in [0.05, 0.1) is 11.7 Å². The molecular formula is C20H27N3O2. The number of nitrogens with zero attached hydrogens (tertiary/aromatic N) is 3. The molecule has 1 N–H and O–H groups in total. The summed E-state index contributed by atoms with van der Waals surface area (Å²) in [7, 11) is 0. The highest BCUT2D eigenvalue weighted by atomic mass is 16.3. The van der Waals surface area contributed by atoms with Gasteiger partial charge in [-0.3, -0.25) is 9.80 Å². The third kappa shape index (κ3) is 3.55. The van der Waals surface area contributed by atoms with Crippen LogP contribution in [-0.2, 0) is 6.54 Å². The molecule has 0 radical (unpaired) electrons. The van der Waals surface area contributed by atoms with E-state index in [2.05, 4.69) is 12.0 Å². The fourth-order valence-corrected chi connectivity index (χ4v) is 3.48. The maximum absolute atomic E-state index is 13.0. The Morgan fingerprint density at radius 1 is 1.24 bits per heavy atom. The summed E-state index contributed by atoms with van der Waals surface area (Å²) in [5.41, 5.74) is 1.96. The Balaban J connectivity index is 2.11. The monoisotopic (exact) mass is 341 g/mol. The second kappa shape index (κ2) is 7.72. The first-order valence-electron chi connectivity index (χ1n) is 9.27. The number of piperidine rings is 1. The second-order valence-electron chi connectivity index (χ2n) is 6.80. The number of hydrogen-bond acceptors (Lipinski definition) is 4. The zero-order chi connectivity index (χ0) is 17.8. The summed E-state index contributed by atoms with van der Waals surface area (Å²) in [6.07, 6.45) is 6.97. The lowest BCUT2D eigenvalue weighted by Gasteiger charge is -2.23. The third-order valence-corrected chi connectivity index (χ3v) is 4.91. The fourth-order valence-electron chi connectivity index (χ4n) is 3.48. The van der Waals surface area contributed by atoms with Crippen LogP contribution in [0, 0.1) is 6.92 Å². The van der Waals surface area contributed by atoms with Crippen molar-refractivity contribution in [3.05, 3.63) is 39.7 Å². The van der Waals surface area contributed by atoms with E-state index in [-0.39, 0.29) is 11.3 Å². The molecule has 0 amide bonds. The molecule has 2 heterocycles. The average Bonchev–Trinajstić information content (AvgIpc) is 2.63. The van der Waals surface area contributed by atoms with Gasteiger partial charge in [0, 0.05) is 25.0 Å². The quantitative estimate of drug-likeness (QED) is 0.845. The number of hydrogen-bond donors (Lipinski definition) is 1. The first-order valence-corrected chi connectivity index (χ1v) is 9.27. The van der Waals surface area contributed by atoms with E-state index < -0.39 is 0 Å². The van der Waals surface area contributed by atoms with Crippen LogP contribution >= 0.6 is 0 Å². The number of unbranched alkanes of at least 4 members (excludes halogenated alkanes) is 1. The molecule has 2 aromatic rings. The topological polar surface area (TPSA) is 57.8 Å². The van der Waals surface area contributed by atoms with Crippen LogP contribution in [0.15, 0.2) is 28.1 Å². The summed E-state index contributed by atoms with van der Waals surface area (Å²) < 4.78 is 1.80. The van der Waals surface area contributed by atoms with Gasteiger partial charge in [0.25, 0.3) is 5.56 Å². The van der Waals surface area contributed by atoms with Crippen molar-refractivity contribution in [2.75, 3.05) is 13.1 Å². The van der Waals surface area contributed by atoms with Gasteiger partial charge in [-0.1, -0.05) is 25.5 Å². The van der Waals surface area contributed by atoms with Crippen LogP contribution in [0.5, 0.6) is 5.75 Å². The zero-order valence-corrected chi connectivity index (χ0v) is 15.2. The molecule has 5 heteroatoms. The molecular weight excluding hydrogens is 314 g/mol. The van der Waals surface area contributed by atoms with Crippen molar-refractivity contribution in [1.82, 2.24) is 9.58 Å². The molecule has 0 aliphatic carbocycles. The van der Waals surface area contributed by atoms with E-state index >= 15 is 0 Å². The van der Waals surface area contributed by atoms with Gasteiger partial charge < -0.3 is 9.67 Å². The van der Waals surface area contributed by atoms with Gasteiger partial charge in [-0.2, -0.15) is 5.10 Å². The number of para-hydroxylation sites is 1. The van der Waals surface area contributed by atoms with Crippen molar-refractivity contribution in [3.8, 4) is 5.75 Å². The van der Waals surface area contributed by atoms with E-state index in [0.29, 0.717) is 12.1 Å². The predicted octanol–water partition coefficient (Wildman–Crippen LogP) is 3.64. The highest BCUT2D eigenvalue weighted by Gasteiger charge is 2.16. The van der Waals surface area contributed by atoms with E-state index in [0.717, 1.165) is 55.2 Å². The Bertz CT molecular complexity index is 833. The molecule has 134 valence electrons. The third-order valence-electron chi connectivity index (χ3n) is 4.91. The minimum atomic E-state index is -0.159. The largest absolute Gasteiger partial charge is 0.506 e. The SMILES string of the molecule is CCCCn1c(=O)c(/C=N/N2CCCCC2)c(O)c2cccc(C)c21. The van der Waals surface area contributed by atoms with Crippen molar-refractivity contribution >= 4 is 17.1 Å². The number of pyridine rings is 1. The van der Waals surface area contributed by atoms with Gasteiger partial charge >= 0.3 is 0 Å². The molecule has 1 aromatic carbocycles. The number of aromatic nitrogens is 1. The summed E-state index contributed by atoms with van der Waals surface area (Å²) in [6, 6.07) is 5.76. The van der Waals surface area contributed by atoms with Crippen LogP contribution in [0.25, 0.3) is 10.9 Å². The van der Waals surface area contributed by atoms with E-state index in [1.54, 1.807) is 10.8 Å². The van der Waals surface area contributed by atoms with Crippen LogP contribution in [0.3, 0.4) is 0 Å². The van der Waals surface area contributed by atoms with E-state index in [9.17, 15) is 9.90 Å². The fraction of sp³-hybridized carbons (Fsp3) is 0.500. The molecule has 25 heavy (non-hydrogen) atoms. The molecule has 0 bridgehead atoms. The lowest BCUT2D eigenvalue weighted by atomic mass is 10.1. The van der Waals surface area contributed by atoms with Crippen LogP contribution in [0.2, 0.25) is 0 Å². The van der Waals surface area contributed by atoms with Gasteiger partial charge in [-0.15, -0.1) is 0 Å². The molecule has 1 aromatic heterocycles. The van der Waals surface area contributed by atoms with Gasteiger partial charge in [0.1, 0.15) is 11.3 Å². The number of fused-ring (bicyclic) bond motifs is 1. The van der Waals surface area contributed by atoms with Crippen molar-refractivity contribution in [3.63, 3.8) is 0 Å². The summed E-state index contributed by atoms with van der Waals surface area (Å²) in [4.78, 5) is 13.0. The molecule has 1 aliphatic heterocycles. The van der Waals surface area contributed by atoms with Crippen LogP contribution in [0.1, 0.15) is 50.2 Å². The Labute approximate surface area is 148 Å². The number of benzene rings is 1. The van der Waals surface area contributed by atoms with Gasteiger partial charge in [0.2, 0.25) is 0 Å². The highest BCUT2D eigenvalue weighted by Crippen LogP contribution is 2.28. The van der Waals surface area contributed by atoms with Crippen LogP contribution < -0.4 is 5.56 Å². The van der Waals surface area contributed by atoms with Crippen molar-refractivity contribution in [2.24, 2.45) is 5.10 Å². The zero-order valence-electron chi connectivity index (χ0n) is 15.2. The lowest BCUT2D eigenvalue weighted by Crippen LogP contribution is -2.27. The van der Waals surface area contributed by atoms with Crippen molar-refractivity contribution < 1.29 is 5.11 Å². The van der Waals surface area contributed by atoms with Crippen LogP contribution in [0.4, 0.5) is 0 Å². The Hall–Kier alpha value is -2.30. The molecule has 0 spiro atoms. The molecule has 1 aliphatic rings. The van der Waals surface area contributed by atoms with E-state index in [1.807, 2.05) is 30.1 Å². The Kier molecular flexibility index (Phi) is 5.41. The smallest absolute Gasteiger partial charge is 0.263 e. The number of aryl methyl sites for hydroxylation is 2. The average molecular weight is 341 g/mol. The Morgan fingerprint density at radius 2 is 2.00 bits per heavy atom. The number of hydrazone groups is 1. The molecule has 5 nitrogen and oxygen atoms in total. The molecule has 3 rings (SSSR count). The summed E-state index contributed by atoms with van der Waals surface area (Å²) in [6.45, 7) is 6.56. The second-order valence-corrected chi connectivity index (χ2v) is 6.80. The first-order chi connectivity index (χ1) is 12.1. The molecule has 0 saturated carbocycles. The minimum absolute atomic E-state index is 0.0391. The Morgan fingerprint density at radius 3 is 2.72 bits per heavy atom. The normalized spacial score (nSPS) is 15.4. The summed E-state index contributed by atoms with van der Waals surface area (Å²) in [5, 5.41) is 17.9. The van der Waals surface area contributed by atoms with Gasteiger partial charge in [-0.25, -0.2) is 0 Å². The standard InChI is InChI=1S/C20H27N3O2/c1-3-4-13-23-18-15(2)9-8-10-16(18)19(24)17(20(23)25)14-21-22-11-6-5-7-12-22/h8-10,14,24H,3-7,11-13H2,1-2H3/b21-14+. The van der Waals surface area contributed by atoms with E-state index in [4.69, 9.17) is 0 Å². The van der Waals surface area contributed by atoms with Crippen LogP contribution in [-0.4, -0.2) is 34.0 Å². The summed E-state index contributed by atoms with van der Waals surface area (Å²) >= 11 is 0. The van der Waals surface area contributed by atoms with Gasteiger partial charge in [0.15, 0.2) is 0 Å². The maximum atomic E-state index is 13.0. The molecule has 0 unspecified atom stereocenters. The summed E-state index contributed by atoms with van der Waals surface area (Å²) in [5.74, 6) is 0.0391. The van der Waals surface area contributed by atoms with E-state index in [1.165, 1.54) is 6.42 Å². The lowest BCUT2D eigenvalue weighted by molar-refractivity contribution is 0.240. The molecule has 0 atom stereocenters. The predicted molar refractivity (Wildman–Crippen MR) is 103 cm³/mol. The van der Waals surface area contributed by atoms with Gasteiger partial charge in [-0.05, 0) is 44.2 Å². The highest BCUT2D eigenvalue weighted by molar-refractivity contribution is 5.96. The maximum Gasteiger partial charge on any atom is 0.263 e. The molecule has 1 fully saturated rings. The molecule has 1 saturated heterocycles. The van der Waals surface area contributed by atoms with Crippen molar-refractivity contribution in [1.29, 1.82) is 0 Å². The minimum Gasteiger partial charge on any atom is -0.506 e. The first kappa shape index (κ1) is 17.5.